The van der Waals surface area contributed by atoms with Gasteiger partial charge in [0.05, 0.1) is 6.54 Å². The topological polar surface area (TPSA) is 74.0 Å². The smallest absolute Gasteiger partial charge is 0.251 e. The van der Waals surface area contributed by atoms with E-state index in [4.69, 9.17) is 11.6 Å². The number of aromatic nitrogens is 1. The van der Waals surface area contributed by atoms with Gasteiger partial charge in [-0.25, -0.2) is 0 Å². The Morgan fingerprint density at radius 1 is 1.00 bits per heavy atom. The molecule has 0 fully saturated rings. The number of para-hydroxylation sites is 1. The van der Waals surface area contributed by atoms with Crippen LogP contribution in [-0.2, 0) is 11.2 Å². The standard InChI is InChI=1S/C19H18ClN3O2/c20-15-7-5-13(6-8-15)19(25)23-12-18(24)21-10-9-14-11-22-17-4-2-1-3-16(14)17/h1-8,11,22H,9-10,12H2,(H,21,24)(H,23,25). The first-order valence-corrected chi connectivity index (χ1v) is 8.37. The van der Waals surface area contributed by atoms with Crippen LogP contribution in [0.3, 0.4) is 0 Å². The van der Waals surface area contributed by atoms with Gasteiger partial charge in [-0.2, -0.15) is 0 Å². The van der Waals surface area contributed by atoms with Gasteiger partial charge in [-0.15, -0.1) is 0 Å². The fourth-order valence-corrected chi connectivity index (χ4v) is 2.73. The summed E-state index contributed by atoms with van der Waals surface area (Å²) < 4.78 is 0. The molecule has 3 aromatic rings. The summed E-state index contributed by atoms with van der Waals surface area (Å²) in [5, 5.41) is 7.13. The zero-order chi connectivity index (χ0) is 17.6. The number of fused-ring (bicyclic) bond motifs is 1. The molecule has 1 heterocycles. The molecular formula is C19H18ClN3O2. The molecule has 0 saturated carbocycles. The summed E-state index contributed by atoms with van der Waals surface area (Å²) in [4.78, 5) is 27.0. The van der Waals surface area contributed by atoms with Crippen molar-refractivity contribution in [2.45, 2.75) is 6.42 Å². The number of benzene rings is 2. The summed E-state index contributed by atoms with van der Waals surface area (Å²) in [5.74, 6) is -0.523. The highest BCUT2D eigenvalue weighted by molar-refractivity contribution is 6.30. The number of hydrogen-bond donors (Lipinski definition) is 3. The van der Waals surface area contributed by atoms with Crippen molar-refractivity contribution in [2.24, 2.45) is 0 Å². The Morgan fingerprint density at radius 2 is 1.76 bits per heavy atom. The maximum Gasteiger partial charge on any atom is 0.251 e. The van der Waals surface area contributed by atoms with Crippen molar-refractivity contribution in [3.05, 3.63) is 70.9 Å². The minimum absolute atomic E-state index is 0.0602. The summed E-state index contributed by atoms with van der Waals surface area (Å²) in [6.07, 6.45) is 2.68. The lowest BCUT2D eigenvalue weighted by Crippen LogP contribution is -2.37. The predicted molar refractivity (Wildman–Crippen MR) is 98.8 cm³/mol. The fraction of sp³-hybridized carbons (Fsp3) is 0.158. The van der Waals surface area contributed by atoms with Gasteiger partial charge in [-0.3, -0.25) is 9.59 Å². The number of rotatable bonds is 6. The van der Waals surface area contributed by atoms with Gasteiger partial charge in [0, 0.05) is 34.2 Å². The highest BCUT2D eigenvalue weighted by atomic mass is 35.5. The van der Waals surface area contributed by atoms with E-state index in [9.17, 15) is 9.59 Å². The van der Waals surface area contributed by atoms with Crippen molar-refractivity contribution < 1.29 is 9.59 Å². The van der Waals surface area contributed by atoms with E-state index in [-0.39, 0.29) is 18.4 Å². The van der Waals surface area contributed by atoms with Crippen LogP contribution in [0.1, 0.15) is 15.9 Å². The molecule has 3 rings (SSSR count). The number of halogens is 1. The average molecular weight is 356 g/mol. The summed E-state index contributed by atoms with van der Waals surface area (Å²) >= 11 is 5.78. The largest absolute Gasteiger partial charge is 0.361 e. The normalized spacial score (nSPS) is 10.6. The second-order valence-electron chi connectivity index (χ2n) is 5.65. The Kier molecular flexibility index (Phi) is 5.36. The van der Waals surface area contributed by atoms with Crippen LogP contribution in [0.4, 0.5) is 0 Å². The molecule has 5 nitrogen and oxygen atoms in total. The predicted octanol–water partition coefficient (Wildman–Crippen LogP) is 2.91. The number of carbonyl (C=O) groups is 2. The van der Waals surface area contributed by atoms with Crippen LogP contribution < -0.4 is 10.6 Å². The Morgan fingerprint density at radius 3 is 2.56 bits per heavy atom. The maximum absolute atomic E-state index is 11.9. The molecule has 0 aliphatic rings. The van der Waals surface area contributed by atoms with Gasteiger partial charge in [-0.05, 0) is 42.3 Å². The molecule has 0 radical (unpaired) electrons. The molecular weight excluding hydrogens is 338 g/mol. The van der Waals surface area contributed by atoms with Crippen molar-refractivity contribution in [2.75, 3.05) is 13.1 Å². The van der Waals surface area contributed by atoms with Gasteiger partial charge in [0.1, 0.15) is 0 Å². The quantitative estimate of drug-likeness (QED) is 0.636. The average Bonchev–Trinajstić information content (AvgIpc) is 3.04. The third-order valence-electron chi connectivity index (χ3n) is 3.91. The molecule has 0 aliphatic heterocycles. The summed E-state index contributed by atoms with van der Waals surface area (Å²) in [6.45, 7) is 0.451. The minimum Gasteiger partial charge on any atom is -0.361 e. The third-order valence-corrected chi connectivity index (χ3v) is 4.16. The molecule has 128 valence electrons. The molecule has 0 unspecified atom stereocenters. The minimum atomic E-state index is -0.302. The van der Waals surface area contributed by atoms with Crippen LogP contribution in [0, 0.1) is 0 Å². The molecule has 2 aromatic carbocycles. The first-order chi connectivity index (χ1) is 12.1. The van der Waals surface area contributed by atoms with E-state index in [1.165, 1.54) is 0 Å². The van der Waals surface area contributed by atoms with Gasteiger partial charge in [-0.1, -0.05) is 29.8 Å². The second-order valence-corrected chi connectivity index (χ2v) is 6.09. The Balaban J connectivity index is 1.44. The SMILES string of the molecule is O=C(CNC(=O)c1ccc(Cl)cc1)NCCc1c[nH]c2ccccc12. The number of hydrogen-bond acceptors (Lipinski definition) is 2. The molecule has 0 atom stereocenters. The van der Waals surface area contributed by atoms with Crippen molar-refractivity contribution in [3.8, 4) is 0 Å². The first kappa shape index (κ1) is 17.0. The van der Waals surface area contributed by atoms with Crippen LogP contribution >= 0.6 is 11.6 Å². The first-order valence-electron chi connectivity index (χ1n) is 7.99. The van der Waals surface area contributed by atoms with E-state index in [0.29, 0.717) is 17.1 Å². The third kappa shape index (κ3) is 4.39. The van der Waals surface area contributed by atoms with Crippen LogP contribution in [0.25, 0.3) is 10.9 Å². The number of nitrogens with one attached hydrogen (secondary N) is 3. The Hall–Kier alpha value is -2.79. The van der Waals surface area contributed by atoms with Crippen molar-refractivity contribution in [1.82, 2.24) is 15.6 Å². The number of aromatic amines is 1. The Bertz CT molecular complexity index is 887. The fourth-order valence-electron chi connectivity index (χ4n) is 2.60. The maximum atomic E-state index is 11.9. The van der Waals surface area contributed by atoms with Crippen LogP contribution in [0.15, 0.2) is 54.7 Å². The molecule has 1 aromatic heterocycles. The molecule has 3 N–H and O–H groups in total. The summed E-state index contributed by atoms with van der Waals surface area (Å²) in [5.41, 5.74) is 2.70. The zero-order valence-corrected chi connectivity index (χ0v) is 14.3. The lowest BCUT2D eigenvalue weighted by Gasteiger charge is -2.07. The lowest BCUT2D eigenvalue weighted by atomic mass is 10.1. The molecule has 0 bridgehead atoms. The van der Waals surface area contributed by atoms with Crippen molar-refractivity contribution in [1.29, 1.82) is 0 Å². The van der Waals surface area contributed by atoms with Gasteiger partial charge in [0.2, 0.25) is 5.91 Å². The number of H-pyrrole nitrogens is 1. The molecule has 25 heavy (non-hydrogen) atoms. The Labute approximate surface area is 150 Å². The number of carbonyl (C=O) groups excluding carboxylic acids is 2. The monoisotopic (exact) mass is 355 g/mol. The molecule has 0 spiro atoms. The van der Waals surface area contributed by atoms with Gasteiger partial charge in [0.25, 0.3) is 5.91 Å². The van der Waals surface area contributed by atoms with Crippen LogP contribution in [0.2, 0.25) is 5.02 Å². The second kappa shape index (κ2) is 7.85. The van der Waals surface area contributed by atoms with Gasteiger partial charge >= 0.3 is 0 Å². The van der Waals surface area contributed by atoms with E-state index >= 15 is 0 Å². The van der Waals surface area contributed by atoms with Gasteiger partial charge < -0.3 is 15.6 Å². The number of amides is 2. The van der Waals surface area contributed by atoms with Gasteiger partial charge in [0.15, 0.2) is 0 Å². The summed E-state index contributed by atoms with van der Waals surface area (Å²) in [6, 6.07) is 14.5. The highest BCUT2D eigenvalue weighted by Gasteiger charge is 2.08. The molecule has 6 heteroatoms. The molecule has 0 saturated heterocycles. The van der Waals surface area contributed by atoms with E-state index in [1.54, 1.807) is 24.3 Å². The molecule has 0 aliphatic carbocycles. The summed E-state index contributed by atoms with van der Waals surface area (Å²) in [7, 11) is 0. The van der Waals surface area contributed by atoms with Crippen LogP contribution in [0.5, 0.6) is 0 Å². The highest BCUT2D eigenvalue weighted by Crippen LogP contribution is 2.17. The molecule has 2 amide bonds. The van der Waals surface area contributed by atoms with E-state index in [1.807, 2.05) is 24.4 Å². The zero-order valence-electron chi connectivity index (χ0n) is 13.5. The lowest BCUT2D eigenvalue weighted by molar-refractivity contribution is -0.120. The van der Waals surface area contributed by atoms with Crippen molar-refractivity contribution in [3.63, 3.8) is 0 Å². The van der Waals surface area contributed by atoms with Crippen LogP contribution in [-0.4, -0.2) is 29.9 Å². The van der Waals surface area contributed by atoms with E-state index < -0.39 is 0 Å². The van der Waals surface area contributed by atoms with Crippen molar-refractivity contribution >= 4 is 34.3 Å². The van der Waals surface area contributed by atoms with E-state index in [0.717, 1.165) is 22.9 Å². The van der Waals surface area contributed by atoms with E-state index in [2.05, 4.69) is 21.7 Å².